The van der Waals surface area contributed by atoms with Gasteiger partial charge >= 0.3 is 0 Å². The van der Waals surface area contributed by atoms with Gasteiger partial charge in [0.1, 0.15) is 0 Å². The Balaban J connectivity index is 1.84. The third kappa shape index (κ3) is 4.31. The van der Waals surface area contributed by atoms with Crippen molar-refractivity contribution in [2.45, 2.75) is 32.7 Å². The van der Waals surface area contributed by atoms with E-state index in [1.54, 1.807) is 0 Å². The highest BCUT2D eigenvalue weighted by Gasteiger charge is 2.02. The molecule has 0 unspecified atom stereocenters. The van der Waals surface area contributed by atoms with Gasteiger partial charge in [0.15, 0.2) is 0 Å². The Hall–Kier alpha value is -1.94. The average molecular weight is 271 g/mol. The first kappa shape index (κ1) is 14.5. The second kappa shape index (κ2) is 7.60. The van der Waals surface area contributed by atoms with Gasteiger partial charge in [0.05, 0.1) is 6.61 Å². The minimum atomic E-state index is 0.517. The van der Waals surface area contributed by atoms with Crippen molar-refractivity contribution in [3.63, 3.8) is 0 Å². The monoisotopic (exact) mass is 271 g/mol. The summed E-state index contributed by atoms with van der Waals surface area (Å²) in [6.07, 6.45) is 6.47. The summed E-state index contributed by atoms with van der Waals surface area (Å²) in [6.45, 7) is 3.26. The zero-order valence-corrected chi connectivity index (χ0v) is 11.9. The molecule has 0 spiro atoms. The first-order valence-electron chi connectivity index (χ1n) is 7.03. The summed E-state index contributed by atoms with van der Waals surface area (Å²) < 4.78 is 5.73. The molecule has 0 fully saturated rings. The van der Waals surface area contributed by atoms with E-state index < -0.39 is 0 Å². The summed E-state index contributed by atoms with van der Waals surface area (Å²) in [7, 11) is 0. The van der Waals surface area contributed by atoms with Crippen molar-refractivity contribution >= 4 is 0 Å². The molecule has 2 aromatic rings. The highest BCUT2D eigenvalue weighted by atomic mass is 16.5. The highest BCUT2D eigenvalue weighted by molar-refractivity contribution is 5.25. The Bertz CT molecular complexity index is 506. The minimum absolute atomic E-state index is 0.517. The number of pyridine rings is 2. The van der Waals surface area contributed by atoms with Crippen molar-refractivity contribution < 1.29 is 4.74 Å². The van der Waals surface area contributed by atoms with E-state index in [1.807, 2.05) is 36.7 Å². The van der Waals surface area contributed by atoms with Crippen molar-refractivity contribution in [1.29, 1.82) is 0 Å². The average Bonchev–Trinajstić information content (AvgIpc) is 2.52. The summed E-state index contributed by atoms with van der Waals surface area (Å²) >= 11 is 0. The Kier molecular flexibility index (Phi) is 5.50. The van der Waals surface area contributed by atoms with Crippen LogP contribution in [0.1, 0.15) is 30.2 Å². The molecule has 4 heteroatoms. The normalized spacial score (nSPS) is 10.5. The molecular weight excluding hydrogens is 250 g/mol. The molecule has 2 N–H and O–H groups in total. The molecule has 0 aliphatic carbocycles. The molecule has 20 heavy (non-hydrogen) atoms. The van der Waals surface area contributed by atoms with Crippen molar-refractivity contribution in [2.24, 2.45) is 5.73 Å². The second-order valence-corrected chi connectivity index (χ2v) is 4.67. The first-order valence-corrected chi connectivity index (χ1v) is 7.03. The summed E-state index contributed by atoms with van der Waals surface area (Å²) in [5.74, 6) is 0.680. The van der Waals surface area contributed by atoms with E-state index in [0.717, 1.165) is 30.5 Å². The predicted molar refractivity (Wildman–Crippen MR) is 79.6 cm³/mol. The molecule has 0 bridgehead atoms. The molecule has 2 heterocycles. The summed E-state index contributed by atoms with van der Waals surface area (Å²) in [4.78, 5) is 8.46. The number of hydrogen-bond acceptors (Lipinski definition) is 4. The van der Waals surface area contributed by atoms with Gasteiger partial charge in [0.25, 0.3) is 0 Å². The number of hydrogen-bond donors (Lipinski definition) is 1. The van der Waals surface area contributed by atoms with Crippen molar-refractivity contribution in [3.8, 4) is 5.88 Å². The van der Waals surface area contributed by atoms with E-state index in [1.165, 1.54) is 5.56 Å². The van der Waals surface area contributed by atoms with Gasteiger partial charge in [-0.05, 0) is 48.6 Å². The molecule has 4 nitrogen and oxygen atoms in total. The van der Waals surface area contributed by atoms with Crippen LogP contribution in [-0.2, 0) is 19.4 Å². The first-order chi connectivity index (χ1) is 9.81. The number of rotatable bonds is 7. The maximum absolute atomic E-state index is 5.73. The van der Waals surface area contributed by atoms with Crippen LogP contribution in [0.4, 0.5) is 0 Å². The van der Waals surface area contributed by atoms with Crippen molar-refractivity contribution in [2.75, 3.05) is 6.61 Å². The number of aryl methyl sites for hydroxylation is 2. The fourth-order valence-electron chi connectivity index (χ4n) is 2.00. The van der Waals surface area contributed by atoms with Crippen LogP contribution in [0.25, 0.3) is 0 Å². The predicted octanol–water partition coefficient (Wildman–Crippen LogP) is 2.51. The second-order valence-electron chi connectivity index (χ2n) is 4.67. The van der Waals surface area contributed by atoms with Gasteiger partial charge in [-0.3, -0.25) is 4.98 Å². The number of nitrogens with zero attached hydrogens (tertiary/aromatic N) is 2. The van der Waals surface area contributed by atoms with Crippen LogP contribution >= 0.6 is 0 Å². The summed E-state index contributed by atoms with van der Waals surface area (Å²) in [5, 5.41) is 0. The van der Waals surface area contributed by atoms with Gasteiger partial charge in [0.2, 0.25) is 5.88 Å². The fraction of sp³-hybridized carbons (Fsp3) is 0.375. The molecule has 0 aromatic carbocycles. The molecule has 0 saturated carbocycles. The SMILES string of the molecule is CCc1cc(CN)cc(OCCCc2ccncc2)n1. The van der Waals surface area contributed by atoms with Crippen LogP contribution in [0, 0.1) is 0 Å². The number of ether oxygens (including phenoxy) is 1. The Morgan fingerprint density at radius 1 is 1.15 bits per heavy atom. The third-order valence-electron chi connectivity index (χ3n) is 3.12. The molecular formula is C16H21N3O. The molecule has 0 radical (unpaired) electrons. The van der Waals surface area contributed by atoms with Crippen molar-refractivity contribution in [1.82, 2.24) is 9.97 Å². The van der Waals surface area contributed by atoms with Gasteiger partial charge in [-0.1, -0.05) is 6.92 Å². The topological polar surface area (TPSA) is 61.0 Å². The van der Waals surface area contributed by atoms with Crippen LogP contribution in [0.5, 0.6) is 5.88 Å². The van der Waals surface area contributed by atoms with Gasteiger partial charge in [-0.15, -0.1) is 0 Å². The van der Waals surface area contributed by atoms with Crippen LogP contribution in [0.2, 0.25) is 0 Å². The van der Waals surface area contributed by atoms with Gasteiger partial charge in [-0.25, -0.2) is 4.98 Å². The molecule has 0 saturated heterocycles. The van der Waals surface area contributed by atoms with Gasteiger partial charge < -0.3 is 10.5 Å². The molecule has 0 amide bonds. The Labute approximate surface area is 120 Å². The Morgan fingerprint density at radius 2 is 1.95 bits per heavy atom. The minimum Gasteiger partial charge on any atom is -0.478 e. The van der Waals surface area contributed by atoms with E-state index in [2.05, 4.69) is 16.9 Å². The van der Waals surface area contributed by atoms with E-state index in [0.29, 0.717) is 19.0 Å². The molecule has 2 aromatic heterocycles. The fourth-order valence-corrected chi connectivity index (χ4v) is 2.00. The number of nitrogens with two attached hydrogens (primary N) is 1. The summed E-state index contributed by atoms with van der Waals surface area (Å²) in [5.41, 5.74) is 9.06. The third-order valence-corrected chi connectivity index (χ3v) is 3.12. The van der Waals surface area contributed by atoms with Crippen LogP contribution < -0.4 is 10.5 Å². The van der Waals surface area contributed by atoms with E-state index in [4.69, 9.17) is 10.5 Å². The smallest absolute Gasteiger partial charge is 0.213 e. The van der Waals surface area contributed by atoms with Gasteiger partial charge in [0, 0.05) is 30.7 Å². The maximum atomic E-state index is 5.73. The standard InChI is InChI=1S/C16H21N3O/c1-2-15-10-14(12-17)11-16(19-15)20-9-3-4-13-5-7-18-8-6-13/h5-8,10-11H,2-4,9,12,17H2,1H3. The molecule has 2 rings (SSSR count). The van der Waals surface area contributed by atoms with E-state index >= 15 is 0 Å². The lowest BCUT2D eigenvalue weighted by atomic mass is 10.1. The lowest BCUT2D eigenvalue weighted by Gasteiger charge is -2.09. The largest absolute Gasteiger partial charge is 0.478 e. The lowest BCUT2D eigenvalue weighted by Crippen LogP contribution is -2.05. The maximum Gasteiger partial charge on any atom is 0.213 e. The molecule has 0 aliphatic rings. The summed E-state index contributed by atoms with van der Waals surface area (Å²) in [6, 6.07) is 8.01. The number of aromatic nitrogens is 2. The van der Waals surface area contributed by atoms with E-state index in [9.17, 15) is 0 Å². The van der Waals surface area contributed by atoms with Crippen LogP contribution in [-0.4, -0.2) is 16.6 Å². The molecule has 0 atom stereocenters. The quantitative estimate of drug-likeness (QED) is 0.786. The van der Waals surface area contributed by atoms with Crippen molar-refractivity contribution in [3.05, 3.63) is 53.5 Å². The van der Waals surface area contributed by atoms with Crippen LogP contribution in [0.3, 0.4) is 0 Å². The lowest BCUT2D eigenvalue weighted by molar-refractivity contribution is 0.298. The molecule has 106 valence electrons. The molecule has 0 aliphatic heterocycles. The van der Waals surface area contributed by atoms with Crippen LogP contribution in [0.15, 0.2) is 36.7 Å². The zero-order chi connectivity index (χ0) is 14.2. The zero-order valence-electron chi connectivity index (χ0n) is 11.9. The van der Waals surface area contributed by atoms with E-state index in [-0.39, 0.29) is 0 Å². The Morgan fingerprint density at radius 3 is 2.65 bits per heavy atom. The highest BCUT2D eigenvalue weighted by Crippen LogP contribution is 2.13. The van der Waals surface area contributed by atoms with Gasteiger partial charge in [-0.2, -0.15) is 0 Å².